The molecule has 0 saturated carbocycles. The lowest BCUT2D eigenvalue weighted by atomic mass is 10.1. The van der Waals surface area contributed by atoms with Gasteiger partial charge in [0.25, 0.3) is 0 Å². The maximum Gasteiger partial charge on any atom is 0.170 e. The highest BCUT2D eigenvalue weighted by atomic mass is 35.5. The monoisotopic (exact) mass is 292 g/mol. The lowest BCUT2D eigenvalue weighted by molar-refractivity contribution is 0.318. The predicted octanol–water partition coefficient (Wildman–Crippen LogP) is 2.60. The van der Waals surface area contributed by atoms with Gasteiger partial charge in [0.05, 0.1) is 12.2 Å². The van der Waals surface area contributed by atoms with E-state index in [1.165, 1.54) is 5.56 Å². The molecular formula is C14H17ClN4O. The molecule has 2 rings (SSSR count). The first-order valence-electron chi connectivity index (χ1n) is 6.21. The third kappa shape index (κ3) is 2.63. The second kappa shape index (κ2) is 5.54. The van der Waals surface area contributed by atoms with Crippen molar-refractivity contribution in [1.82, 2.24) is 9.78 Å². The quantitative estimate of drug-likeness (QED) is 0.395. The van der Waals surface area contributed by atoms with Crippen molar-refractivity contribution in [3.8, 4) is 0 Å². The molecule has 0 unspecified atom stereocenters. The Morgan fingerprint density at radius 3 is 2.60 bits per heavy atom. The van der Waals surface area contributed by atoms with Crippen LogP contribution in [0.2, 0.25) is 5.02 Å². The number of hydrogen-bond acceptors (Lipinski definition) is 3. The fourth-order valence-corrected chi connectivity index (χ4v) is 2.23. The first kappa shape index (κ1) is 14.4. The van der Waals surface area contributed by atoms with Gasteiger partial charge >= 0.3 is 0 Å². The van der Waals surface area contributed by atoms with Gasteiger partial charge in [0.2, 0.25) is 0 Å². The van der Waals surface area contributed by atoms with Gasteiger partial charge in [0, 0.05) is 16.3 Å². The minimum Gasteiger partial charge on any atom is -0.409 e. The maximum atomic E-state index is 8.66. The third-order valence-electron chi connectivity index (χ3n) is 3.52. The van der Waals surface area contributed by atoms with Crippen LogP contribution in [-0.2, 0) is 6.54 Å². The van der Waals surface area contributed by atoms with Crippen LogP contribution in [-0.4, -0.2) is 20.8 Å². The van der Waals surface area contributed by atoms with Crippen molar-refractivity contribution in [2.45, 2.75) is 27.3 Å². The van der Waals surface area contributed by atoms with Crippen molar-refractivity contribution in [3.63, 3.8) is 0 Å². The lowest BCUT2D eigenvalue weighted by Gasteiger charge is -2.08. The van der Waals surface area contributed by atoms with E-state index in [2.05, 4.69) is 17.2 Å². The van der Waals surface area contributed by atoms with Crippen LogP contribution >= 0.6 is 11.6 Å². The molecule has 0 fully saturated rings. The van der Waals surface area contributed by atoms with E-state index >= 15 is 0 Å². The van der Waals surface area contributed by atoms with Crippen molar-refractivity contribution < 1.29 is 5.21 Å². The summed E-state index contributed by atoms with van der Waals surface area (Å²) in [6, 6.07) is 5.32. The standard InChI is InChI=1S/C14H17ClN4O/c1-8-9(2)17-19(10(8)3)7-12-5-4-11(6-13(12)15)14(16)18-20/h4-6,20H,7H2,1-3H3,(H2,16,18). The van der Waals surface area contributed by atoms with Crippen LogP contribution in [0.15, 0.2) is 23.4 Å². The Balaban J connectivity index is 2.33. The normalized spacial score (nSPS) is 11.9. The van der Waals surface area contributed by atoms with E-state index in [0.717, 1.165) is 17.0 Å². The first-order chi connectivity index (χ1) is 9.43. The Labute approximate surface area is 122 Å². The molecule has 106 valence electrons. The van der Waals surface area contributed by atoms with Crippen LogP contribution in [0.1, 0.15) is 28.1 Å². The molecule has 1 aromatic carbocycles. The second-order valence-corrected chi connectivity index (χ2v) is 5.15. The number of amidine groups is 1. The Morgan fingerprint density at radius 1 is 1.40 bits per heavy atom. The van der Waals surface area contributed by atoms with Gasteiger partial charge in [-0.3, -0.25) is 4.68 Å². The molecule has 0 aliphatic carbocycles. The van der Waals surface area contributed by atoms with Gasteiger partial charge in [0.1, 0.15) is 0 Å². The van der Waals surface area contributed by atoms with Crippen molar-refractivity contribution in [1.29, 1.82) is 0 Å². The Morgan fingerprint density at radius 2 is 2.10 bits per heavy atom. The van der Waals surface area contributed by atoms with E-state index in [-0.39, 0.29) is 5.84 Å². The van der Waals surface area contributed by atoms with E-state index in [1.54, 1.807) is 12.1 Å². The summed E-state index contributed by atoms with van der Waals surface area (Å²) in [6.07, 6.45) is 0. The van der Waals surface area contributed by atoms with Crippen LogP contribution in [0, 0.1) is 20.8 Å². The van der Waals surface area contributed by atoms with Gasteiger partial charge in [-0.15, -0.1) is 0 Å². The molecule has 20 heavy (non-hydrogen) atoms. The fraction of sp³-hybridized carbons (Fsp3) is 0.286. The van der Waals surface area contributed by atoms with E-state index in [0.29, 0.717) is 17.1 Å². The zero-order valence-electron chi connectivity index (χ0n) is 11.7. The number of hydrogen-bond donors (Lipinski definition) is 2. The van der Waals surface area contributed by atoms with Gasteiger partial charge in [-0.2, -0.15) is 5.10 Å². The minimum atomic E-state index is 0.0420. The molecule has 0 spiro atoms. The molecule has 0 aliphatic heterocycles. The molecule has 0 atom stereocenters. The zero-order valence-corrected chi connectivity index (χ0v) is 12.4. The summed E-state index contributed by atoms with van der Waals surface area (Å²) in [5.41, 5.74) is 10.4. The summed E-state index contributed by atoms with van der Waals surface area (Å²) in [5.74, 6) is 0.0420. The average molecular weight is 293 g/mol. The van der Waals surface area contributed by atoms with Crippen LogP contribution in [0.3, 0.4) is 0 Å². The number of oxime groups is 1. The summed E-state index contributed by atoms with van der Waals surface area (Å²) in [5, 5.41) is 16.7. The van der Waals surface area contributed by atoms with Crippen molar-refractivity contribution in [2.24, 2.45) is 10.9 Å². The van der Waals surface area contributed by atoms with Crippen LogP contribution in [0.5, 0.6) is 0 Å². The molecule has 2 aromatic rings. The Bertz CT molecular complexity index is 676. The van der Waals surface area contributed by atoms with Crippen LogP contribution < -0.4 is 5.73 Å². The van der Waals surface area contributed by atoms with Crippen LogP contribution in [0.4, 0.5) is 0 Å². The average Bonchev–Trinajstić information content (AvgIpc) is 2.67. The molecule has 0 aliphatic rings. The molecule has 5 nitrogen and oxygen atoms in total. The highest BCUT2D eigenvalue weighted by Crippen LogP contribution is 2.20. The molecular weight excluding hydrogens is 276 g/mol. The summed E-state index contributed by atoms with van der Waals surface area (Å²) >= 11 is 6.25. The molecule has 0 bridgehead atoms. The topological polar surface area (TPSA) is 76.4 Å². The fourth-order valence-electron chi connectivity index (χ4n) is 1.99. The van der Waals surface area contributed by atoms with Gasteiger partial charge in [0.15, 0.2) is 5.84 Å². The van der Waals surface area contributed by atoms with Gasteiger partial charge in [-0.1, -0.05) is 28.9 Å². The maximum absolute atomic E-state index is 8.66. The van der Waals surface area contributed by atoms with Gasteiger partial charge in [-0.05, 0) is 38.0 Å². The highest BCUT2D eigenvalue weighted by Gasteiger charge is 2.10. The molecule has 0 saturated heterocycles. The van der Waals surface area contributed by atoms with E-state index in [4.69, 9.17) is 22.5 Å². The lowest BCUT2D eigenvalue weighted by Crippen LogP contribution is -2.13. The first-order valence-corrected chi connectivity index (χ1v) is 6.58. The van der Waals surface area contributed by atoms with Gasteiger partial charge in [-0.25, -0.2) is 0 Å². The SMILES string of the molecule is Cc1nn(Cc2ccc(/C(N)=N/O)cc2Cl)c(C)c1C. The predicted molar refractivity (Wildman–Crippen MR) is 79.5 cm³/mol. The van der Waals surface area contributed by atoms with Crippen LogP contribution in [0.25, 0.3) is 0 Å². The van der Waals surface area contributed by atoms with E-state index in [1.807, 2.05) is 24.6 Å². The van der Waals surface area contributed by atoms with Crippen molar-refractivity contribution >= 4 is 17.4 Å². The van der Waals surface area contributed by atoms with Crippen molar-refractivity contribution in [3.05, 3.63) is 51.3 Å². The van der Waals surface area contributed by atoms with E-state index in [9.17, 15) is 0 Å². The van der Waals surface area contributed by atoms with Crippen molar-refractivity contribution in [2.75, 3.05) is 0 Å². The number of benzene rings is 1. The number of nitrogens with zero attached hydrogens (tertiary/aromatic N) is 3. The number of halogens is 1. The Hall–Kier alpha value is -2.01. The number of nitrogens with two attached hydrogens (primary N) is 1. The molecule has 1 aromatic heterocycles. The third-order valence-corrected chi connectivity index (χ3v) is 3.87. The summed E-state index contributed by atoms with van der Waals surface area (Å²) in [6.45, 7) is 6.67. The molecule has 6 heteroatoms. The highest BCUT2D eigenvalue weighted by molar-refractivity contribution is 6.31. The minimum absolute atomic E-state index is 0.0420. The molecule has 0 amide bonds. The number of aryl methyl sites for hydroxylation is 1. The smallest absolute Gasteiger partial charge is 0.170 e. The largest absolute Gasteiger partial charge is 0.409 e. The molecule has 0 radical (unpaired) electrons. The number of aromatic nitrogens is 2. The zero-order chi connectivity index (χ0) is 14.9. The summed E-state index contributed by atoms with van der Waals surface area (Å²) in [4.78, 5) is 0. The number of rotatable bonds is 3. The second-order valence-electron chi connectivity index (χ2n) is 4.74. The van der Waals surface area contributed by atoms with Gasteiger partial charge < -0.3 is 10.9 Å². The Kier molecular flexibility index (Phi) is 3.99. The molecule has 3 N–H and O–H groups in total. The van der Waals surface area contributed by atoms with E-state index < -0.39 is 0 Å². The summed E-state index contributed by atoms with van der Waals surface area (Å²) in [7, 11) is 0. The molecule has 1 heterocycles. The summed E-state index contributed by atoms with van der Waals surface area (Å²) < 4.78 is 1.93.